The summed E-state index contributed by atoms with van der Waals surface area (Å²) in [5.74, 6) is 1.66. The van der Waals surface area contributed by atoms with Crippen molar-refractivity contribution in [2.45, 2.75) is 45.4 Å². The predicted octanol–water partition coefficient (Wildman–Crippen LogP) is 5.31. The molecule has 0 aliphatic heterocycles. The van der Waals surface area contributed by atoms with Gasteiger partial charge in [-0.15, -0.1) is 0 Å². The van der Waals surface area contributed by atoms with E-state index in [1.54, 1.807) is 4.90 Å². The molecule has 1 heterocycles. The third kappa shape index (κ3) is 5.78. The molecule has 2 aliphatic rings. The smallest absolute Gasteiger partial charge is 0.246 e. The quantitative estimate of drug-likeness (QED) is 0.422. The Kier molecular flexibility index (Phi) is 7.35. The van der Waals surface area contributed by atoms with E-state index >= 15 is 0 Å². The molecule has 188 valence electrons. The Morgan fingerprint density at radius 1 is 1.06 bits per heavy atom. The minimum Gasteiger partial charge on any atom is -0.494 e. The minimum atomic E-state index is -0.227. The maximum Gasteiger partial charge on any atom is 0.246 e. The number of benzene rings is 2. The van der Waals surface area contributed by atoms with Crippen LogP contribution in [0, 0.1) is 11.8 Å². The highest BCUT2D eigenvalue weighted by Crippen LogP contribution is 2.32. The molecule has 5 rings (SSSR count). The van der Waals surface area contributed by atoms with Gasteiger partial charge in [-0.3, -0.25) is 19.5 Å². The van der Waals surface area contributed by atoms with Gasteiger partial charge in [0.05, 0.1) is 24.5 Å². The fourth-order valence-corrected chi connectivity index (χ4v) is 4.92. The molecule has 36 heavy (non-hydrogen) atoms. The first kappa shape index (κ1) is 24.1. The summed E-state index contributed by atoms with van der Waals surface area (Å²) in [7, 11) is 0. The van der Waals surface area contributed by atoms with Gasteiger partial charge in [-0.1, -0.05) is 49.2 Å². The van der Waals surface area contributed by atoms with Gasteiger partial charge >= 0.3 is 0 Å². The second-order valence-corrected chi connectivity index (χ2v) is 9.81. The molecule has 2 amide bonds. The fraction of sp³-hybridized carbons (Fsp3) is 0.414. The van der Waals surface area contributed by atoms with E-state index in [0.717, 1.165) is 61.2 Å². The number of nitrogens with zero attached hydrogens (tertiary/aromatic N) is 3. The fourth-order valence-electron chi connectivity index (χ4n) is 4.92. The molecule has 3 aromatic rings. The van der Waals surface area contributed by atoms with Gasteiger partial charge in [0.25, 0.3) is 0 Å². The van der Waals surface area contributed by atoms with Gasteiger partial charge < -0.3 is 9.64 Å². The first-order chi connectivity index (χ1) is 17.6. The maximum atomic E-state index is 13.3. The molecular weight excluding hydrogens is 452 g/mol. The average Bonchev–Trinajstić information content (AvgIpc) is 3.36. The van der Waals surface area contributed by atoms with Gasteiger partial charge in [-0.25, -0.2) is 4.98 Å². The van der Waals surface area contributed by atoms with Gasteiger partial charge in [0.15, 0.2) is 0 Å². The van der Waals surface area contributed by atoms with E-state index < -0.39 is 0 Å². The van der Waals surface area contributed by atoms with E-state index in [1.807, 2.05) is 72.3 Å². The monoisotopic (exact) mass is 486 g/mol. The zero-order chi connectivity index (χ0) is 24.9. The average molecular weight is 487 g/mol. The highest BCUT2D eigenvalue weighted by Gasteiger charge is 2.33. The van der Waals surface area contributed by atoms with Crippen LogP contribution in [0.4, 0.5) is 5.95 Å². The molecule has 0 spiro atoms. The standard InChI is InChI=1S/C29H34N4O3/c1-2-36-25-14-8-13-24(17-25)33-19-26(22-9-4-3-5-10-22)30-29(33)31-27(34)20-32(18-21-15-16-21)28(35)23-11-6-7-12-23/h3-5,8-10,13-14,17,19,21,23H,2,6-7,11-12,15-16,18,20H2,1H3,(H,30,31,34). The van der Waals surface area contributed by atoms with Crippen LogP contribution >= 0.6 is 0 Å². The maximum absolute atomic E-state index is 13.3. The van der Waals surface area contributed by atoms with Gasteiger partial charge in [0.2, 0.25) is 17.8 Å². The zero-order valence-electron chi connectivity index (χ0n) is 20.9. The lowest BCUT2D eigenvalue weighted by Crippen LogP contribution is -2.42. The predicted molar refractivity (Wildman–Crippen MR) is 140 cm³/mol. The molecule has 0 radical (unpaired) electrons. The van der Waals surface area contributed by atoms with Crippen molar-refractivity contribution in [2.24, 2.45) is 11.8 Å². The van der Waals surface area contributed by atoms with Crippen LogP contribution < -0.4 is 10.1 Å². The lowest BCUT2D eigenvalue weighted by atomic mass is 10.1. The second kappa shape index (κ2) is 11.0. The number of hydrogen-bond donors (Lipinski definition) is 1. The Hall–Kier alpha value is -3.61. The number of hydrogen-bond acceptors (Lipinski definition) is 4. The van der Waals surface area contributed by atoms with Crippen molar-refractivity contribution in [1.82, 2.24) is 14.5 Å². The minimum absolute atomic E-state index is 0.0539. The number of amides is 2. The van der Waals surface area contributed by atoms with Crippen molar-refractivity contribution in [2.75, 3.05) is 25.0 Å². The number of carbonyl (C=O) groups is 2. The first-order valence-electron chi connectivity index (χ1n) is 13.1. The van der Waals surface area contributed by atoms with Gasteiger partial charge in [-0.2, -0.15) is 0 Å². The summed E-state index contributed by atoms with van der Waals surface area (Å²) in [5, 5.41) is 3.00. The van der Waals surface area contributed by atoms with Gasteiger partial charge in [0.1, 0.15) is 5.75 Å². The molecule has 0 unspecified atom stereocenters. The van der Waals surface area contributed by atoms with Crippen molar-refractivity contribution >= 4 is 17.8 Å². The van der Waals surface area contributed by atoms with Crippen molar-refractivity contribution in [3.8, 4) is 22.7 Å². The summed E-state index contributed by atoms with van der Waals surface area (Å²) in [6.45, 7) is 3.24. The van der Waals surface area contributed by atoms with Crippen LogP contribution in [0.5, 0.6) is 5.75 Å². The molecule has 0 saturated heterocycles. The molecule has 2 aromatic carbocycles. The topological polar surface area (TPSA) is 76.5 Å². The zero-order valence-corrected chi connectivity index (χ0v) is 20.9. The van der Waals surface area contributed by atoms with Crippen LogP contribution in [0.15, 0.2) is 60.8 Å². The normalized spacial score (nSPS) is 15.6. The summed E-state index contributed by atoms with van der Waals surface area (Å²) in [4.78, 5) is 33.0. The van der Waals surface area contributed by atoms with E-state index in [9.17, 15) is 9.59 Å². The number of imidazole rings is 1. The third-order valence-electron chi connectivity index (χ3n) is 6.96. The van der Waals surface area contributed by atoms with E-state index in [2.05, 4.69) is 5.32 Å². The first-order valence-corrected chi connectivity index (χ1v) is 13.1. The third-order valence-corrected chi connectivity index (χ3v) is 6.96. The molecule has 7 heteroatoms. The van der Waals surface area contributed by atoms with Crippen molar-refractivity contribution in [3.63, 3.8) is 0 Å². The molecule has 7 nitrogen and oxygen atoms in total. The Morgan fingerprint density at radius 2 is 1.83 bits per heavy atom. The Balaban J connectivity index is 1.39. The highest BCUT2D eigenvalue weighted by molar-refractivity contribution is 5.94. The van der Waals surface area contributed by atoms with E-state index in [0.29, 0.717) is 25.0 Å². The largest absolute Gasteiger partial charge is 0.494 e. The summed E-state index contributed by atoms with van der Waals surface area (Å²) in [6.07, 6.45) is 8.25. The van der Waals surface area contributed by atoms with E-state index in [4.69, 9.17) is 9.72 Å². The van der Waals surface area contributed by atoms with E-state index in [-0.39, 0.29) is 24.3 Å². The SMILES string of the molecule is CCOc1cccc(-n2cc(-c3ccccc3)nc2NC(=O)CN(CC2CC2)C(=O)C2CCCC2)c1. The number of anilines is 1. The highest BCUT2D eigenvalue weighted by atomic mass is 16.5. The lowest BCUT2D eigenvalue weighted by molar-refractivity contribution is -0.138. The van der Waals surface area contributed by atoms with E-state index in [1.165, 1.54) is 0 Å². The number of rotatable bonds is 10. The lowest BCUT2D eigenvalue weighted by Gasteiger charge is -2.25. The van der Waals surface area contributed by atoms with Crippen LogP contribution in [0.3, 0.4) is 0 Å². The van der Waals surface area contributed by atoms with Crippen LogP contribution in [0.25, 0.3) is 16.9 Å². The summed E-state index contributed by atoms with van der Waals surface area (Å²) in [6, 6.07) is 17.6. The molecule has 2 fully saturated rings. The van der Waals surface area contributed by atoms with Gasteiger partial charge in [0, 0.05) is 30.3 Å². The number of aromatic nitrogens is 2. The second-order valence-electron chi connectivity index (χ2n) is 9.81. The van der Waals surface area contributed by atoms with Gasteiger partial charge in [-0.05, 0) is 50.7 Å². The Labute approximate surface area is 212 Å². The Bertz CT molecular complexity index is 1200. The Morgan fingerprint density at radius 3 is 2.56 bits per heavy atom. The van der Waals surface area contributed by atoms with Crippen molar-refractivity contribution in [3.05, 3.63) is 60.8 Å². The molecule has 1 N–H and O–H groups in total. The molecule has 2 saturated carbocycles. The molecule has 1 aromatic heterocycles. The van der Waals surface area contributed by atoms with Crippen molar-refractivity contribution < 1.29 is 14.3 Å². The van der Waals surface area contributed by atoms with Crippen molar-refractivity contribution in [1.29, 1.82) is 0 Å². The molecule has 0 bridgehead atoms. The molecule has 2 aliphatic carbocycles. The van der Waals surface area contributed by atoms with Crippen LogP contribution in [-0.4, -0.2) is 46.0 Å². The molecule has 0 atom stereocenters. The van der Waals surface area contributed by atoms with Crippen LogP contribution in [-0.2, 0) is 9.59 Å². The van der Waals surface area contributed by atoms with Crippen LogP contribution in [0.2, 0.25) is 0 Å². The summed E-state index contributed by atoms with van der Waals surface area (Å²) < 4.78 is 7.55. The number of ether oxygens (including phenoxy) is 1. The number of carbonyl (C=O) groups excluding carboxylic acids is 2. The summed E-state index contributed by atoms with van der Waals surface area (Å²) >= 11 is 0. The number of nitrogens with one attached hydrogen (secondary N) is 1. The van der Waals surface area contributed by atoms with Crippen LogP contribution in [0.1, 0.15) is 45.4 Å². The molecular formula is C29H34N4O3. The summed E-state index contributed by atoms with van der Waals surface area (Å²) in [5.41, 5.74) is 2.55.